The molecule has 9 rings (SSSR count). The number of anilines is 3. The van der Waals surface area contributed by atoms with Gasteiger partial charge in [0.25, 0.3) is 5.91 Å². The molecule has 10 heteroatoms. The molecular formula is C49H51N3O6Si. The molecule has 0 radical (unpaired) electrons. The second-order valence-electron chi connectivity index (χ2n) is 17.1. The van der Waals surface area contributed by atoms with E-state index in [-0.39, 0.29) is 54.8 Å². The largest absolute Gasteiger partial charge is 0.497 e. The second kappa shape index (κ2) is 15.2. The number of fused-ring (bicyclic) bond motifs is 4. The minimum atomic E-state index is -2.52. The lowest BCUT2D eigenvalue weighted by Gasteiger charge is -2.39. The first-order valence-electron chi connectivity index (χ1n) is 20.8. The van der Waals surface area contributed by atoms with E-state index in [1.807, 2.05) is 101 Å². The number of carbonyl (C=O) groups is 3. The lowest BCUT2D eigenvalue weighted by Crippen LogP contribution is -2.52. The molecule has 4 aliphatic rings. The number of hydrogen-bond donors (Lipinski definition) is 1. The van der Waals surface area contributed by atoms with Crippen molar-refractivity contribution >= 4 is 48.0 Å². The van der Waals surface area contributed by atoms with Crippen LogP contribution >= 0.6 is 0 Å². The molecule has 0 aliphatic carbocycles. The average molecular weight is 806 g/mol. The van der Waals surface area contributed by atoms with Crippen molar-refractivity contribution in [3.63, 3.8) is 0 Å². The number of aryl methyl sites for hydroxylation is 1. The number of nitrogens with zero attached hydrogens (tertiary/aromatic N) is 3. The molecule has 1 fully saturated rings. The number of para-hydroxylation sites is 2. The van der Waals surface area contributed by atoms with Crippen molar-refractivity contribution in [2.24, 2.45) is 5.92 Å². The number of methoxy groups -OCH3 is 1. The highest BCUT2D eigenvalue weighted by atomic mass is 28.3. The summed E-state index contributed by atoms with van der Waals surface area (Å²) in [4.78, 5) is 48.9. The third-order valence-corrected chi connectivity index (χ3v) is 18.0. The molecule has 1 N–H and O–H groups in total. The maximum Gasteiger partial charge on any atom is 0.264 e. The van der Waals surface area contributed by atoms with Gasteiger partial charge < -0.3 is 24.4 Å². The topological polar surface area (TPSA) is 99.6 Å². The molecule has 5 atom stereocenters. The molecule has 0 aromatic heterocycles. The quantitative estimate of drug-likeness (QED) is 0.156. The standard InChI is InChI=1S/C49H51N3O6Si/c1-32-47(59(3,4)40-23-21-39(57-2)22-24-40)44(28-46(55)50-30-36-15-6-5-14-35(36)27-38(50)31-53)58-49(32)41-17-8-10-19-43(41)51(48(49)56)29-33-12-11-16-37(26-33)52-42-18-9-7-13-34(42)20-25-45(52)54/h5-19,21-24,26,32,38,44,47,53H,20,25,27-31H2,1-4H3/t32-,38+,44+,47-,49+/m1/s1. The van der Waals surface area contributed by atoms with Crippen LogP contribution in [-0.2, 0) is 50.7 Å². The van der Waals surface area contributed by atoms with Crippen molar-refractivity contribution in [1.82, 2.24) is 4.90 Å². The predicted molar refractivity (Wildman–Crippen MR) is 232 cm³/mol. The lowest BCUT2D eigenvalue weighted by molar-refractivity contribution is -0.151. The van der Waals surface area contributed by atoms with Crippen LogP contribution in [0, 0.1) is 5.92 Å². The third kappa shape index (κ3) is 6.49. The molecule has 1 spiro atoms. The maximum atomic E-state index is 15.5. The summed E-state index contributed by atoms with van der Waals surface area (Å²) in [7, 11) is -0.861. The predicted octanol–water partition coefficient (Wildman–Crippen LogP) is 7.40. The summed E-state index contributed by atoms with van der Waals surface area (Å²) in [6, 6.07) is 39.8. The number of hydrogen-bond acceptors (Lipinski definition) is 6. The van der Waals surface area contributed by atoms with E-state index >= 15 is 4.79 Å². The lowest BCUT2D eigenvalue weighted by atomic mass is 9.82. The normalized spacial score (nSPS) is 23.6. The van der Waals surface area contributed by atoms with E-state index < -0.39 is 19.8 Å². The molecule has 1 saturated heterocycles. The summed E-state index contributed by atoms with van der Waals surface area (Å²) in [6.07, 6.45) is 1.25. The number of amides is 3. The average Bonchev–Trinajstić information content (AvgIpc) is 3.68. The van der Waals surface area contributed by atoms with Crippen molar-refractivity contribution in [1.29, 1.82) is 0 Å². The van der Waals surface area contributed by atoms with E-state index in [1.54, 1.807) is 12.0 Å². The van der Waals surface area contributed by atoms with Crippen molar-refractivity contribution in [3.8, 4) is 5.75 Å². The molecule has 0 bridgehead atoms. The zero-order chi connectivity index (χ0) is 41.1. The van der Waals surface area contributed by atoms with Gasteiger partial charge in [-0.2, -0.15) is 0 Å². The first kappa shape index (κ1) is 38.9. The van der Waals surface area contributed by atoms with Crippen molar-refractivity contribution in [2.45, 2.75) is 82.1 Å². The van der Waals surface area contributed by atoms with Crippen LogP contribution in [0.2, 0.25) is 18.6 Å². The minimum Gasteiger partial charge on any atom is -0.497 e. The number of benzene rings is 5. The van der Waals surface area contributed by atoms with Crippen LogP contribution in [0.1, 0.15) is 47.6 Å². The Morgan fingerprint density at radius 1 is 0.847 bits per heavy atom. The van der Waals surface area contributed by atoms with Gasteiger partial charge in [0.1, 0.15) is 5.75 Å². The Labute approximate surface area is 347 Å². The van der Waals surface area contributed by atoms with Gasteiger partial charge in [-0.1, -0.05) is 110 Å². The number of rotatable bonds is 9. The second-order valence-corrected chi connectivity index (χ2v) is 21.8. The van der Waals surface area contributed by atoms with Gasteiger partial charge in [0.15, 0.2) is 5.60 Å². The minimum absolute atomic E-state index is 0.0462. The molecule has 0 unspecified atom stereocenters. The molecule has 3 amide bonds. The van der Waals surface area contributed by atoms with E-state index in [1.165, 1.54) is 5.19 Å². The van der Waals surface area contributed by atoms with Crippen LogP contribution in [-0.4, -0.2) is 61.7 Å². The highest BCUT2D eigenvalue weighted by molar-refractivity contribution is 6.91. The Bertz CT molecular complexity index is 2430. The smallest absolute Gasteiger partial charge is 0.264 e. The summed E-state index contributed by atoms with van der Waals surface area (Å²) in [5, 5.41) is 11.7. The Hall–Kier alpha value is -5.55. The van der Waals surface area contributed by atoms with Gasteiger partial charge in [0.2, 0.25) is 11.8 Å². The Morgan fingerprint density at radius 2 is 1.54 bits per heavy atom. The van der Waals surface area contributed by atoms with Gasteiger partial charge in [-0.15, -0.1) is 0 Å². The van der Waals surface area contributed by atoms with E-state index in [0.717, 1.165) is 50.6 Å². The van der Waals surface area contributed by atoms with E-state index in [9.17, 15) is 14.7 Å². The summed E-state index contributed by atoms with van der Waals surface area (Å²) in [5.74, 6) is 0.303. The summed E-state index contributed by atoms with van der Waals surface area (Å²) < 4.78 is 12.8. The maximum absolute atomic E-state index is 15.5. The molecule has 59 heavy (non-hydrogen) atoms. The number of carbonyl (C=O) groups excluding carboxylic acids is 3. The Kier molecular flexibility index (Phi) is 10.1. The SMILES string of the molecule is COc1ccc([Si](C)(C)[C@H]2[C@H](CC(=O)N3Cc4ccccc4C[C@H]3CO)O[C@@]3(C(=O)N(Cc4cccc(N5C(=O)CCc6ccccc65)c4)c4ccccc43)[C@@H]2C)cc1. The molecule has 9 nitrogen and oxygen atoms in total. The van der Waals surface area contributed by atoms with Crippen LogP contribution in [0.4, 0.5) is 17.1 Å². The summed E-state index contributed by atoms with van der Waals surface area (Å²) in [6.45, 7) is 7.34. The van der Waals surface area contributed by atoms with Gasteiger partial charge >= 0.3 is 0 Å². The van der Waals surface area contributed by atoms with E-state index in [0.29, 0.717) is 25.8 Å². The van der Waals surface area contributed by atoms with Crippen LogP contribution in [0.3, 0.4) is 0 Å². The van der Waals surface area contributed by atoms with E-state index in [4.69, 9.17) is 9.47 Å². The van der Waals surface area contributed by atoms with Crippen LogP contribution < -0.4 is 19.7 Å². The van der Waals surface area contributed by atoms with Crippen LogP contribution in [0.5, 0.6) is 5.75 Å². The fourth-order valence-corrected chi connectivity index (χ4v) is 14.7. The molecule has 4 aliphatic heterocycles. The molecule has 0 saturated carbocycles. The van der Waals surface area contributed by atoms with Crippen molar-refractivity contribution in [2.75, 3.05) is 23.5 Å². The Morgan fingerprint density at radius 3 is 2.29 bits per heavy atom. The molecular weight excluding hydrogens is 755 g/mol. The van der Waals surface area contributed by atoms with Gasteiger partial charge in [-0.3, -0.25) is 19.3 Å². The summed E-state index contributed by atoms with van der Waals surface area (Å²) in [5.41, 5.74) is 6.07. The first-order chi connectivity index (χ1) is 28.5. The number of aliphatic hydroxyl groups excluding tert-OH is 1. The zero-order valence-electron chi connectivity index (χ0n) is 34.1. The van der Waals surface area contributed by atoms with Gasteiger partial charge in [0.05, 0.1) is 58.3 Å². The monoisotopic (exact) mass is 805 g/mol. The number of aliphatic hydroxyl groups is 1. The van der Waals surface area contributed by atoms with Gasteiger partial charge in [-0.25, -0.2) is 0 Å². The molecule has 302 valence electrons. The summed E-state index contributed by atoms with van der Waals surface area (Å²) >= 11 is 0. The molecule has 5 aromatic rings. The van der Waals surface area contributed by atoms with Gasteiger partial charge in [-0.05, 0) is 77.0 Å². The zero-order valence-corrected chi connectivity index (χ0v) is 35.1. The van der Waals surface area contributed by atoms with Gasteiger partial charge in [0, 0.05) is 30.1 Å². The third-order valence-electron chi connectivity index (χ3n) is 13.6. The van der Waals surface area contributed by atoms with Crippen molar-refractivity contribution < 1.29 is 29.0 Å². The Balaban J connectivity index is 1.08. The highest BCUT2D eigenvalue weighted by Gasteiger charge is 2.66. The highest BCUT2D eigenvalue weighted by Crippen LogP contribution is 2.60. The molecule has 4 heterocycles. The first-order valence-corrected chi connectivity index (χ1v) is 23.8. The van der Waals surface area contributed by atoms with Crippen LogP contribution in [0.15, 0.2) is 121 Å². The fraction of sp³-hybridized carbons (Fsp3) is 0.327. The molecule has 5 aromatic carbocycles. The van der Waals surface area contributed by atoms with E-state index in [2.05, 4.69) is 50.3 Å². The number of ether oxygens (including phenoxy) is 2. The van der Waals surface area contributed by atoms with Crippen molar-refractivity contribution in [3.05, 3.63) is 149 Å². The van der Waals surface area contributed by atoms with Crippen LogP contribution in [0.25, 0.3) is 0 Å². The fourth-order valence-electron chi connectivity index (χ4n) is 10.6.